The molecule has 0 saturated carbocycles. The van der Waals surface area contributed by atoms with Crippen molar-refractivity contribution in [2.24, 2.45) is 0 Å². The molecule has 0 aliphatic carbocycles. The molecule has 2 rings (SSSR count). The standard InChI is InChI=1S/C14H21BrN2O/c1-12(11-17-6-8-18-9-7-17)16-10-13-2-4-14(15)5-3-13/h2-5,12,16H,6-11H2,1H3. The highest BCUT2D eigenvalue weighted by Crippen LogP contribution is 2.10. The zero-order chi connectivity index (χ0) is 12.8. The molecule has 1 aliphatic rings. The van der Waals surface area contributed by atoms with Gasteiger partial charge in [0.1, 0.15) is 0 Å². The average molecular weight is 313 g/mol. The first-order valence-corrected chi connectivity index (χ1v) is 7.31. The SMILES string of the molecule is CC(CN1CCOCC1)NCc1ccc(Br)cc1. The van der Waals surface area contributed by atoms with Crippen LogP contribution >= 0.6 is 15.9 Å². The van der Waals surface area contributed by atoms with Crippen molar-refractivity contribution in [3.05, 3.63) is 34.3 Å². The topological polar surface area (TPSA) is 24.5 Å². The molecule has 0 bridgehead atoms. The summed E-state index contributed by atoms with van der Waals surface area (Å²) >= 11 is 3.45. The first-order chi connectivity index (χ1) is 8.74. The van der Waals surface area contributed by atoms with E-state index >= 15 is 0 Å². The number of ether oxygens (including phenoxy) is 1. The molecule has 1 aromatic carbocycles. The minimum atomic E-state index is 0.506. The maximum Gasteiger partial charge on any atom is 0.0594 e. The van der Waals surface area contributed by atoms with E-state index in [4.69, 9.17) is 4.74 Å². The molecule has 1 unspecified atom stereocenters. The molecule has 1 N–H and O–H groups in total. The molecule has 18 heavy (non-hydrogen) atoms. The molecule has 0 amide bonds. The van der Waals surface area contributed by atoms with Crippen molar-refractivity contribution in [1.29, 1.82) is 0 Å². The lowest BCUT2D eigenvalue weighted by Crippen LogP contribution is -2.44. The minimum absolute atomic E-state index is 0.506. The summed E-state index contributed by atoms with van der Waals surface area (Å²) in [6.07, 6.45) is 0. The number of benzene rings is 1. The van der Waals surface area contributed by atoms with Crippen LogP contribution in [0.1, 0.15) is 12.5 Å². The quantitative estimate of drug-likeness (QED) is 0.902. The molecule has 1 heterocycles. The van der Waals surface area contributed by atoms with Gasteiger partial charge in [-0.3, -0.25) is 4.90 Å². The molecule has 1 fully saturated rings. The van der Waals surface area contributed by atoms with Crippen LogP contribution in [0.4, 0.5) is 0 Å². The van der Waals surface area contributed by atoms with Gasteiger partial charge < -0.3 is 10.1 Å². The van der Waals surface area contributed by atoms with E-state index in [1.165, 1.54) is 5.56 Å². The van der Waals surface area contributed by atoms with Gasteiger partial charge in [-0.05, 0) is 24.6 Å². The van der Waals surface area contributed by atoms with Crippen molar-refractivity contribution in [2.75, 3.05) is 32.8 Å². The fraction of sp³-hybridized carbons (Fsp3) is 0.571. The number of nitrogens with zero attached hydrogens (tertiary/aromatic N) is 1. The van der Waals surface area contributed by atoms with Crippen molar-refractivity contribution < 1.29 is 4.74 Å². The molecule has 0 radical (unpaired) electrons. The maximum absolute atomic E-state index is 5.36. The van der Waals surface area contributed by atoms with Crippen molar-refractivity contribution in [3.8, 4) is 0 Å². The largest absolute Gasteiger partial charge is 0.379 e. The van der Waals surface area contributed by atoms with E-state index in [-0.39, 0.29) is 0 Å². The smallest absolute Gasteiger partial charge is 0.0594 e. The maximum atomic E-state index is 5.36. The Kier molecular flexibility index (Phi) is 5.63. The second-order valence-corrected chi connectivity index (χ2v) is 5.74. The molecule has 1 aliphatic heterocycles. The zero-order valence-electron chi connectivity index (χ0n) is 10.9. The number of nitrogens with one attached hydrogen (secondary N) is 1. The Bertz CT molecular complexity index is 349. The summed E-state index contributed by atoms with van der Waals surface area (Å²) in [7, 11) is 0. The van der Waals surface area contributed by atoms with Crippen molar-refractivity contribution in [2.45, 2.75) is 19.5 Å². The van der Waals surface area contributed by atoms with Gasteiger partial charge in [0.15, 0.2) is 0 Å². The molecule has 1 atom stereocenters. The summed E-state index contributed by atoms with van der Waals surface area (Å²) in [5, 5.41) is 3.57. The van der Waals surface area contributed by atoms with Crippen molar-refractivity contribution >= 4 is 15.9 Å². The van der Waals surface area contributed by atoms with Gasteiger partial charge in [0.25, 0.3) is 0 Å². The summed E-state index contributed by atoms with van der Waals surface area (Å²) < 4.78 is 6.49. The van der Waals surface area contributed by atoms with E-state index in [0.717, 1.165) is 43.9 Å². The van der Waals surface area contributed by atoms with E-state index in [1.807, 2.05) is 0 Å². The Morgan fingerprint density at radius 3 is 2.61 bits per heavy atom. The second kappa shape index (κ2) is 7.24. The van der Waals surface area contributed by atoms with E-state index in [9.17, 15) is 0 Å². The predicted octanol–water partition coefficient (Wildman–Crippen LogP) is 2.26. The highest BCUT2D eigenvalue weighted by molar-refractivity contribution is 9.10. The predicted molar refractivity (Wildman–Crippen MR) is 77.7 cm³/mol. The molecular formula is C14H21BrN2O. The van der Waals surface area contributed by atoms with Crippen LogP contribution in [0.25, 0.3) is 0 Å². The van der Waals surface area contributed by atoms with Crippen molar-refractivity contribution in [1.82, 2.24) is 10.2 Å². The number of morpholine rings is 1. The first kappa shape index (κ1) is 14.0. The van der Waals surface area contributed by atoms with Crippen LogP contribution in [0.3, 0.4) is 0 Å². The molecule has 4 heteroatoms. The lowest BCUT2D eigenvalue weighted by atomic mass is 10.2. The normalized spacial score (nSPS) is 18.8. The van der Waals surface area contributed by atoms with Crippen LogP contribution in [0, 0.1) is 0 Å². The van der Waals surface area contributed by atoms with Crippen molar-refractivity contribution in [3.63, 3.8) is 0 Å². The fourth-order valence-corrected chi connectivity index (χ4v) is 2.39. The average Bonchev–Trinajstić information content (AvgIpc) is 2.39. The second-order valence-electron chi connectivity index (χ2n) is 4.82. The Morgan fingerprint density at radius 2 is 1.94 bits per heavy atom. The van der Waals surface area contributed by atoms with Gasteiger partial charge in [-0.25, -0.2) is 0 Å². The summed E-state index contributed by atoms with van der Waals surface area (Å²) in [6, 6.07) is 8.98. The van der Waals surface area contributed by atoms with Gasteiger partial charge >= 0.3 is 0 Å². The molecule has 1 aromatic rings. The number of rotatable bonds is 5. The molecule has 0 aromatic heterocycles. The summed E-state index contributed by atoms with van der Waals surface area (Å²) in [5.41, 5.74) is 1.33. The lowest BCUT2D eigenvalue weighted by molar-refractivity contribution is 0.0343. The van der Waals surface area contributed by atoms with Crippen LogP contribution in [0.15, 0.2) is 28.7 Å². The first-order valence-electron chi connectivity index (χ1n) is 6.52. The van der Waals surface area contributed by atoms with Gasteiger partial charge in [-0.1, -0.05) is 28.1 Å². The van der Waals surface area contributed by atoms with E-state index in [1.54, 1.807) is 0 Å². The molecule has 3 nitrogen and oxygen atoms in total. The molecule has 100 valence electrons. The highest BCUT2D eigenvalue weighted by Gasteiger charge is 2.13. The van der Waals surface area contributed by atoms with Crippen LogP contribution < -0.4 is 5.32 Å². The van der Waals surface area contributed by atoms with Crippen LogP contribution in [0.2, 0.25) is 0 Å². The van der Waals surface area contributed by atoms with E-state index < -0.39 is 0 Å². The summed E-state index contributed by atoms with van der Waals surface area (Å²) in [4.78, 5) is 2.46. The minimum Gasteiger partial charge on any atom is -0.379 e. The highest BCUT2D eigenvalue weighted by atomic mass is 79.9. The number of hydrogen-bond acceptors (Lipinski definition) is 3. The monoisotopic (exact) mass is 312 g/mol. The van der Waals surface area contributed by atoms with Crippen LogP contribution in [-0.2, 0) is 11.3 Å². The fourth-order valence-electron chi connectivity index (χ4n) is 2.13. The number of halogens is 1. The van der Waals surface area contributed by atoms with E-state index in [2.05, 4.69) is 57.3 Å². The van der Waals surface area contributed by atoms with Crippen LogP contribution in [0.5, 0.6) is 0 Å². The Labute approximate surface area is 118 Å². The lowest BCUT2D eigenvalue weighted by Gasteiger charge is -2.29. The molecule has 1 saturated heterocycles. The summed E-state index contributed by atoms with van der Waals surface area (Å²) in [6.45, 7) is 8.14. The zero-order valence-corrected chi connectivity index (χ0v) is 12.4. The van der Waals surface area contributed by atoms with Gasteiger partial charge in [-0.2, -0.15) is 0 Å². The molecular weight excluding hydrogens is 292 g/mol. The van der Waals surface area contributed by atoms with Gasteiger partial charge in [0, 0.05) is 36.7 Å². The Balaban J connectivity index is 1.70. The Morgan fingerprint density at radius 1 is 1.28 bits per heavy atom. The third kappa shape index (κ3) is 4.69. The van der Waals surface area contributed by atoms with Crippen LogP contribution in [-0.4, -0.2) is 43.8 Å². The van der Waals surface area contributed by atoms with Gasteiger partial charge in [-0.15, -0.1) is 0 Å². The third-order valence-corrected chi connectivity index (χ3v) is 3.73. The van der Waals surface area contributed by atoms with E-state index in [0.29, 0.717) is 6.04 Å². The Hall–Kier alpha value is -0.420. The number of hydrogen-bond donors (Lipinski definition) is 1. The van der Waals surface area contributed by atoms with Gasteiger partial charge in [0.2, 0.25) is 0 Å². The van der Waals surface area contributed by atoms with Gasteiger partial charge in [0.05, 0.1) is 13.2 Å². The third-order valence-electron chi connectivity index (χ3n) is 3.20. The summed E-state index contributed by atoms with van der Waals surface area (Å²) in [5.74, 6) is 0. The molecule has 0 spiro atoms.